The van der Waals surface area contributed by atoms with Crippen LogP contribution in [0.3, 0.4) is 0 Å². The molecule has 0 saturated heterocycles. The molecule has 8 nitrogen and oxygen atoms in total. The van der Waals surface area contributed by atoms with E-state index >= 15 is 0 Å². The number of aromatic amines is 1. The van der Waals surface area contributed by atoms with Crippen molar-refractivity contribution in [2.24, 2.45) is 0 Å². The fourth-order valence-electron chi connectivity index (χ4n) is 5.77. The van der Waals surface area contributed by atoms with Crippen LogP contribution in [-0.4, -0.2) is 35.9 Å². The van der Waals surface area contributed by atoms with Crippen molar-refractivity contribution < 1.29 is 9.90 Å². The predicted octanol–water partition coefficient (Wildman–Crippen LogP) is 5.74. The quantitative estimate of drug-likeness (QED) is 0.194. The van der Waals surface area contributed by atoms with Gasteiger partial charge in [0.05, 0.1) is 47.5 Å². The molecule has 0 spiro atoms. The van der Waals surface area contributed by atoms with E-state index in [4.69, 9.17) is 9.97 Å². The number of fused-ring (bicyclic) bond motifs is 2. The minimum Gasteiger partial charge on any atom is -0.481 e. The number of aliphatic carboxylic acids is 1. The lowest BCUT2D eigenvalue weighted by atomic mass is 9.90. The molecule has 0 bridgehead atoms. The lowest BCUT2D eigenvalue weighted by molar-refractivity contribution is -0.137. The average Bonchev–Trinajstić information content (AvgIpc) is 3.42. The third kappa shape index (κ3) is 6.51. The molecule has 0 radical (unpaired) electrons. The zero-order valence-corrected chi connectivity index (χ0v) is 22.9. The number of carboxylic acid groups (broad SMARTS) is 1. The highest BCUT2D eigenvalue weighted by Gasteiger charge is 2.28. The molecule has 6 rings (SSSR count). The molecule has 1 aliphatic carbocycles. The van der Waals surface area contributed by atoms with E-state index in [1.807, 2.05) is 48.7 Å². The number of aromatic nitrogens is 4. The molecule has 8 heteroatoms. The van der Waals surface area contributed by atoms with Gasteiger partial charge in [0.2, 0.25) is 0 Å². The minimum atomic E-state index is -0.855. The molecule has 3 N–H and O–H groups in total. The van der Waals surface area contributed by atoms with Crippen molar-refractivity contribution in [1.82, 2.24) is 30.2 Å². The molecule has 5 aromatic rings. The van der Waals surface area contributed by atoms with E-state index in [1.165, 1.54) is 16.8 Å². The number of para-hydroxylation sites is 2. The number of carbonyl (C=O) groups is 1. The van der Waals surface area contributed by atoms with Gasteiger partial charge in [0.25, 0.3) is 0 Å². The number of imidazole rings is 1. The van der Waals surface area contributed by atoms with Crippen molar-refractivity contribution >= 4 is 17.0 Å². The van der Waals surface area contributed by atoms with Gasteiger partial charge in [0.15, 0.2) is 0 Å². The Morgan fingerprint density at radius 2 is 1.76 bits per heavy atom. The Morgan fingerprint density at radius 1 is 0.951 bits per heavy atom. The predicted molar refractivity (Wildman–Crippen MR) is 158 cm³/mol. The Bertz CT molecular complexity index is 1570. The summed E-state index contributed by atoms with van der Waals surface area (Å²) in [7, 11) is 0. The van der Waals surface area contributed by atoms with E-state index in [-0.39, 0.29) is 18.5 Å². The summed E-state index contributed by atoms with van der Waals surface area (Å²) < 4.78 is 0. The SMILES string of the molecule is O=C(O)CC(NCc1ccc(CN(Cc2nc3ccccc3[nH]2)C2CCCc3cccnc32)cc1)c1ccccn1. The zero-order chi connectivity index (χ0) is 28.0. The fourth-order valence-corrected chi connectivity index (χ4v) is 5.77. The monoisotopic (exact) mass is 546 g/mol. The molecule has 0 fully saturated rings. The number of rotatable bonds is 11. The molecular weight excluding hydrogens is 512 g/mol. The van der Waals surface area contributed by atoms with E-state index in [1.54, 1.807) is 6.20 Å². The molecule has 1 aliphatic rings. The highest BCUT2D eigenvalue weighted by molar-refractivity contribution is 5.74. The number of H-pyrrole nitrogens is 1. The molecule has 0 amide bonds. The first-order chi connectivity index (χ1) is 20.1. The molecule has 208 valence electrons. The lowest BCUT2D eigenvalue weighted by Gasteiger charge is -2.34. The van der Waals surface area contributed by atoms with Gasteiger partial charge < -0.3 is 15.4 Å². The molecule has 41 heavy (non-hydrogen) atoms. The van der Waals surface area contributed by atoms with Crippen molar-refractivity contribution in [2.45, 2.75) is 57.4 Å². The normalized spacial score (nSPS) is 15.6. The molecule has 2 aromatic carbocycles. The van der Waals surface area contributed by atoms with Crippen LogP contribution in [0.1, 0.15) is 65.2 Å². The van der Waals surface area contributed by atoms with Crippen LogP contribution in [0.2, 0.25) is 0 Å². The number of hydrogen-bond acceptors (Lipinski definition) is 6. The number of benzene rings is 2. The number of carboxylic acids is 1. The van der Waals surface area contributed by atoms with Crippen LogP contribution in [0, 0.1) is 0 Å². The highest BCUT2D eigenvalue weighted by atomic mass is 16.4. The van der Waals surface area contributed by atoms with Crippen molar-refractivity contribution in [3.8, 4) is 0 Å². The van der Waals surface area contributed by atoms with Gasteiger partial charge in [-0.05, 0) is 66.3 Å². The molecule has 0 saturated carbocycles. The molecular formula is C33H34N6O2. The van der Waals surface area contributed by atoms with Crippen molar-refractivity contribution in [2.75, 3.05) is 0 Å². The molecule has 0 aliphatic heterocycles. The maximum Gasteiger partial charge on any atom is 0.305 e. The number of aryl methyl sites for hydroxylation is 1. The second-order valence-corrected chi connectivity index (χ2v) is 10.7. The topological polar surface area (TPSA) is 107 Å². The number of nitrogens with one attached hydrogen (secondary N) is 2. The average molecular weight is 547 g/mol. The van der Waals surface area contributed by atoms with Gasteiger partial charge in [0, 0.05) is 25.5 Å². The third-order valence-corrected chi connectivity index (χ3v) is 7.78. The van der Waals surface area contributed by atoms with Crippen molar-refractivity contribution in [3.05, 3.63) is 125 Å². The second-order valence-electron chi connectivity index (χ2n) is 10.7. The smallest absolute Gasteiger partial charge is 0.305 e. The number of nitrogens with zero attached hydrogens (tertiary/aromatic N) is 4. The first-order valence-corrected chi connectivity index (χ1v) is 14.2. The van der Waals surface area contributed by atoms with Crippen LogP contribution in [0.5, 0.6) is 0 Å². The Morgan fingerprint density at radius 3 is 2.56 bits per heavy atom. The van der Waals surface area contributed by atoms with Crippen LogP contribution >= 0.6 is 0 Å². The summed E-state index contributed by atoms with van der Waals surface area (Å²) in [6.07, 6.45) is 6.84. The molecule has 2 atom stereocenters. The Balaban J connectivity index is 1.20. The van der Waals surface area contributed by atoms with Gasteiger partial charge >= 0.3 is 5.97 Å². The van der Waals surface area contributed by atoms with E-state index in [0.29, 0.717) is 13.1 Å². The number of hydrogen-bond donors (Lipinski definition) is 3. The Labute approximate surface area is 239 Å². The second kappa shape index (κ2) is 12.4. The van der Waals surface area contributed by atoms with Gasteiger partial charge in [-0.15, -0.1) is 0 Å². The van der Waals surface area contributed by atoms with Crippen LogP contribution in [0.25, 0.3) is 11.0 Å². The van der Waals surface area contributed by atoms with Gasteiger partial charge in [-0.3, -0.25) is 19.7 Å². The first-order valence-electron chi connectivity index (χ1n) is 14.2. The summed E-state index contributed by atoms with van der Waals surface area (Å²) >= 11 is 0. The van der Waals surface area contributed by atoms with Crippen LogP contribution in [0.4, 0.5) is 0 Å². The first kappa shape index (κ1) is 26.8. The largest absolute Gasteiger partial charge is 0.481 e. The van der Waals surface area contributed by atoms with Crippen molar-refractivity contribution in [1.29, 1.82) is 0 Å². The summed E-state index contributed by atoms with van der Waals surface area (Å²) in [6, 6.07) is 26.4. The summed E-state index contributed by atoms with van der Waals surface area (Å²) in [5, 5.41) is 12.8. The minimum absolute atomic E-state index is 0.0251. The van der Waals surface area contributed by atoms with Gasteiger partial charge in [-0.25, -0.2) is 4.98 Å². The molecule has 3 aromatic heterocycles. The summed E-state index contributed by atoms with van der Waals surface area (Å²) in [4.78, 5) is 31.5. The van der Waals surface area contributed by atoms with Crippen LogP contribution in [0.15, 0.2) is 91.3 Å². The maximum absolute atomic E-state index is 11.4. The van der Waals surface area contributed by atoms with Gasteiger partial charge in [0.1, 0.15) is 5.82 Å². The highest BCUT2D eigenvalue weighted by Crippen LogP contribution is 2.34. The van der Waals surface area contributed by atoms with Gasteiger partial charge in [-0.2, -0.15) is 0 Å². The molecule has 3 heterocycles. The van der Waals surface area contributed by atoms with E-state index in [2.05, 4.69) is 56.6 Å². The zero-order valence-electron chi connectivity index (χ0n) is 22.9. The summed E-state index contributed by atoms with van der Waals surface area (Å²) in [5.74, 6) is 0.0980. The summed E-state index contributed by atoms with van der Waals surface area (Å²) in [6.45, 7) is 2.01. The fraction of sp³-hybridized carbons (Fsp3) is 0.273. The molecule has 2 unspecified atom stereocenters. The van der Waals surface area contributed by atoms with Gasteiger partial charge in [-0.1, -0.05) is 48.5 Å². The van der Waals surface area contributed by atoms with E-state index < -0.39 is 5.97 Å². The van der Waals surface area contributed by atoms with E-state index in [9.17, 15) is 9.90 Å². The summed E-state index contributed by atoms with van der Waals surface area (Å²) in [5.41, 5.74) is 7.57. The number of pyridine rings is 2. The van der Waals surface area contributed by atoms with Crippen LogP contribution < -0.4 is 5.32 Å². The standard InChI is InChI=1S/C33H34N6O2/c40-32(41)19-29(26-9-3-4-17-34-26)36-20-23-13-15-24(16-14-23)21-39(22-31-37-27-10-1-2-11-28(27)38-31)30-12-5-7-25-8-6-18-35-33(25)30/h1-4,6,8-11,13-18,29-30,36H,5,7,12,19-22H2,(H,37,38)(H,40,41). The van der Waals surface area contributed by atoms with E-state index in [0.717, 1.165) is 53.9 Å². The van der Waals surface area contributed by atoms with Crippen LogP contribution in [-0.2, 0) is 30.8 Å². The third-order valence-electron chi connectivity index (χ3n) is 7.78. The Hall–Kier alpha value is -4.40. The lowest BCUT2D eigenvalue weighted by Crippen LogP contribution is -2.31. The van der Waals surface area contributed by atoms with Crippen molar-refractivity contribution in [3.63, 3.8) is 0 Å². The Kier molecular flexibility index (Phi) is 8.11. The maximum atomic E-state index is 11.4.